The molecule has 0 saturated carbocycles. The van der Waals surface area contributed by atoms with E-state index in [0.717, 1.165) is 0 Å². The number of carbonyl (C=O) groups excluding carboxylic acids is 4. The summed E-state index contributed by atoms with van der Waals surface area (Å²) in [5.74, 6) is -1.89. The summed E-state index contributed by atoms with van der Waals surface area (Å²) in [6.45, 7) is -1.03. The first-order valence-electron chi connectivity index (χ1n) is 5.08. The molecule has 92 valence electrons. The van der Waals surface area contributed by atoms with Gasteiger partial charge in [0.1, 0.15) is 12.7 Å². The summed E-state index contributed by atoms with van der Waals surface area (Å²) in [6, 6.07) is 0. The number of hydrogen-bond donors (Lipinski definition) is 0. The molecule has 0 aliphatic carbocycles. The van der Waals surface area contributed by atoms with Crippen molar-refractivity contribution in [3.63, 3.8) is 0 Å². The number of Topliss-reactive ketones (excluding diaryl/α,β-unsaturated/α-hetero) is 1. The Morgan fingerprint density at radius 3 is 2.41 bits per heavy atom. The molecular weight excluding hydrogens is 230 g/mol. The molecule has 0 aromatic rings. The molecule has 1 fully saturated rings. The van der Waals surface area contributed by atoms with Gasteiger partial charge < -0.3 is 0 Å². The van der Waals surface area contributed by atoms with Crippen LogP contribution in [0.25, 0.3) is 0 Å². The minimum Gasteiger partial charge on any atom is -0.294 e. The van der Waals surface area contributed by atoms with Crippen LogP contribution in [0.1, 0.15) is 25.7 Å². The molecule has 1 atom stereocenters. The Kier molecular flexibility index (Phi) is 4.92. The SMILES string of the molecule is [O]CC(=O)C(CC[C]=O)ON1C(=O)CCC1=O. The number of rotatable bonds is 7. The molecule has 1 aliphatic heterocycles. The molecule has 7 heteroatoms. The normalized spacial score (nSPS) is 17.4. The summed E-state index contributed by atoms with van der Waals surface area (Å²) >= 11 is 0. The van der Waals surface area contributed by atoms with Gasteiger partial charge in [0, 0.05) is 19.3 Å². The second-order valence-electron chi connectivity index (χ2n) is 3.47. The highest BCUT2D eigenvalue weighted by Crippen LogP contribution is 2.16. The molecule has 17 heavy (non-hydrogen) atoms. The van der Waals surface area contributed by atoms with E-state index in [1.165, 1.54) is 0 Å². The van der Waals surface area contributed by atoms with E-state index in [-0.39, 0.29) is 25.7 Å². The molecule has 1 rings (SSSR count). The third-order valence-corrected chi connectivity index (χ3v) is 2.25. The van der Waals surface area contributed by atoms with Gasteiger partial charge in [-0.3, -0.25) is 24.0 Å². The molecule has 0 aromatic carbocycles. The Labute approximate surface area is 97.3 Å². The van der Waals surface area contributed by atoms with Gasteiger partial charge in [0.15, 0.2) is 12.1 Å². The van der Waals surface area contributed by atoms with E-state index >= 15 is 0 Å². The van der Waals surface area contributed by atoms with Crippen molar-refractivity contribution in [1.82, 2.24) is 5.06 Å². The number of carbonyl (C=O) groups is 3. The van der Waals surface area contributed by atoms with E-state index in [1.807, 2.05) is 0 Å². The lowest BCUT2D eigenvalue weighted by Crippen LogP contribution is -2.38. The Hall–Kier alpha value is -1.60. The van der Waals surface area contributed by atoms with Crippen molar-refractivity contribution >= 4 is 23.9 Å². The number of nitrogens with zero attached hydrogens (tertiary/aromatic N) is 1. The van der Waals surface area contributed by atoms with E-state index < -0.39 is 30.3 Å². The summed E-state index contributed by atoms with van der Waals surface area (Å²) < 4.78 is 0. The van der Waals surface area contributed by atoms with Gasteiger partial charge in [0.2, 0.25) is 0 Å². The van der Waals surface area contributed by atoms with Crippen LogP contribution in [0, 0.1) is 0 Å². The maximum Gasteiger partial charge on any atom is 0.254 e. The maximum atomic E-state index is 11.2. The standard InChI is InChI=1S/C10H11NO6/c12-5-1-2-8(7(14)6-13)17-11-9(15)3-4-10(11)16/h8H,1-4,6H2. The molecule has 1 aliphatic rings. The monoisotopic (exact) mass is 241 g/mol. The molecule has 2 radical (unpaired) electrons. The lowest BCUT2D eigenvalue weighted by molar-refractivity contribution is -0.204. The predicted octanol–water partition coefficient (Wildman–Crippen LogP) is -0.675. The molecule has 0 spiro atoms. The fraction of sp³-hybridized carbons (Fsp3) is 0.600. The van der Waals surface area contributed by atoms with Gasteiger partial charge in [-0.25, -0.2) is 5.11 Å². The summed E-state index contributed by atoms with van der Waals surface area (Å²) in [7, 11) is 0. The highest BCUT2D eigenvalue weighted by atomic mass is 16.7. The number of hydrogen-bond acceptors (Lipinski definition) is 5. The number of imide groups is 1. The van der Waals surface area contributed by atoms with Crippen molar-refractivity contribution in [1.29, 1.82) is 0 Å². The third kappa shape index (κ3) is 3.43. The van der Waals surface area contributed by atoms with Crippen LogP contribution in [0.4, 0.5) is 0 Å². The number of amides is 2. The van der Waals surface area contributed by atoms with Gasteiger partial charge in [0.05, 0.1) is 0 Å². The smallest absolute Gasteiger partial charge is 0.254 e. The second-order valence-corrected chi connectivity index (χ2v) is 3.47. The van der Waals surface area contributed by atoms with E-state index in [9.17, 15) is 24.3 Å². The van der Waals surface area contributed by atoms with Crippen LogP contribution in [-0.2, 0) is 29.1 Å². The predicted molar refractivity (Wildman–Crippen MR) is 51.4 cm³/mol. The van der Waals surface area contributed by atoms with Gasteiger partial charge in [-0.1, -0.05) is 0 Å². The van der Waals surface area contributed by atoms with Crippen molar-refractivity contribution in [3.05, 3.63) is 0 Å². The van der Waals surface area contributed by atoms with Gasteiger partial charge in [-0.15, -0.1) is 0 Å². The van der Waals surface area contributed by atoms with Gasteiger partial charge in [-0.2, -0.15) is 5.06 Å². The van der Waals surface area contributed by atoms with Gasteiger partial charge >= 0.3 is 0 Å². The molecule has 1 saturated heterocycles. The van der Waals surface area contributed by atoms with Crippen LogP contribution in [0.15, 0.2) is 0 Å². The third-order valence-electron chi connectivity index (χ3n) is 2.25. The fourth-order valence-electron chi connectivity index (χ4n) is 1.36. The zero-order chi connectivity index (χ0) is 12.8. The molecule has 0 N–H and O–H groups in total. The largest absolute Gasteiger partial charge is 0.294 e. The quantitative estimate of drug-likeness (QED) is 0.550. The molecule has 7 nitrogen and oxygen atoms in total. The number of ketones is 1. The van der Waals surface area contributed by atoms with Crippen LogP contribution < -0.4 is 0 Å². The van der Waals surface area contributed by atoms with Crippen molar-refractivity contribution in [3.8, 4) is 0 Å². The Morgan fingerprint density at radius 2 is 1.94 bits per heavy atom. The molecule has 0 bridgehead atoms. The lowest BCUT2D eigenvalue weighted by atomic mass is 10.1. The zero-order valence-electron chi connectivity index (χ0n) is 9.01. The first-order chi connectivity index (χ1) is 8.10. The van der Waals surface area contributed by atoms with Crippen molar-refractivity contribution in [2.24, 2.45) is 0 Å². The second kappa shape index (κ2) is 6.21. The summed E-state index contributed by atoms with van der Waals surface area (Å²) in [6.07, 6.45) is 0.193. The molecular formula is C10H11NO6. The molecule has 0 aromatic heterocycles. The average Bonchev–Trinajstić information content (AvgIpc) is 2.64. The maximum absolute atomic E-state index is 11.2. The van der Waals surface area contributed by atoms with Gasteiger partial charge in [0.25, 0.3) is 11.8 Å². The Balaban J connectivity index is 2.64. The van der Waals surface area contributed by atoms with Crippen LogP contribution in [-0.4, -0.2) is 41.7 Å². The fourth-order valence-corrected chi connectivity index (χ4v) is 1.36. The zero-order valence-corrected chi connectivity index (χ0v) is 9.01. The van der Waals surface area contributed by atoms with Gasteiger partial charge in [-0.05, 0) is 6.42 Å². The Bertz CT molecular complexity index is 324. The van der Waals surface area contributed by atoms with Crippen molar-refractivity contribution < 1.29 is 29.1 Å². The highest BCUT2D eigenvalue weighted by Gasteiger charge is 2.34. The van der Waals surface area contributed by atoms with Crippen LogP contribution in [0.3, 0.4) is 0 Å². The molecule has 2 amide bonds. The van der Waals surface area contributed by atoms with E-state index in [4.69, 9.17) is 4.84 Å². The van der Waals surface area contributed by atoms with Crippen LogP contribution in [0.5, 0.6) is 0 Å². The van der Waals surface area contributed by atoms with Crippen LogP contribution in [0.2, 0.25) is 0 Å². The molecule has 1 unspecified atom stereocenters. The topological polar surface area (TPSA) is 101 Å². The Morgan fingerprint density at radius 1 is 1.35 bits per heavy atom. The highest BCUT2D eigenvalue weighted by molar-refractivity contribution is 6.00. The van der Waals surface area contributed by atoms with Crippen molar-refractivity contribution in [2.75, 3.05) is 6.61 Å². The first-order valence-corrected chi connectivity index (χ1v) is 5.08. The average molecular weight is 241 g/mol. The number of hydroxylamine groups is 2. The lowest BCUT2D eigenvalue weighted by Gasteiger charge is -2.19. The van der Waals surface area contributed by atoms with Crippen molar-refractivity contribution in [2.45, 2.75) is 31.8 Å². The van der Waals surface area contributed by atoms with E-state index in [2.05, 4.69) is 0 Å². The minimum absolute atomic E-state index is 0.0247. The minimum atomic E-state index is -1.24. The van der Waals surface area contributed by atoms with E-state index in [1.54, 1.807) is 6.29 Å². The summed E-state index contributed by atoms with van der Waals surface area (Å²) in [4.78, 5) is 48.6. The summed E-state index contributed by atoms with van der Waals surface area (Å²) in [5.41, 5.74) is 0. The molecule has 1 heterocycles. The van der Waals surface area contributed by atoms with E-state index in [0.29, 0.717) is 5.06 Å². The first kappa shape index (κ1) is 13.5. The summed E-state index contributed by atoms with van der Waals surface area (Å²) in [5, 5.41) is 11.0. The van der Waals surface area contributed by atoms with Crippen LogP contribution >= 0.6 is 0 Å².